The van der Waals surface area contributed by atoms with Crippen molar-refractivity contribution < 1.29 is 9.18 Å². The van der Waals surface area contributed by atoms with Gasteiger partial charge in [0.05, 0.1) is 23.3 Å². The lowest BCUT2D eigenvalue weighted by Crippen LogP contribution is -2.33. The molecule has 2 aromatic heterocycles. The van der Waals surface area contributed by atoms with Gasteiger partial charge in [-0.05, 0) is 30.5 Å². The van der Waals surface area contributed by atoms with Crippen molar-refractivity contribution in [3.63, 3.8) is 0 Å². The Kier molecular flexibility index (Phi) is 4.20. The summed E-state index contributed by atoms with van der Waals surface area (Å²) in [5, 5.41) is 5.06. The van der Waals surface area contributed by atoms with Gasteiger partial charge in [-0.25, -0.2) is 9.37 Å². The molecular weight excluding hydrogens is 317 g/mol. The number of carbonyl (C=O) groups excluding carboxylic acids is 1. The summed E-state index contributed by atoms with van der Waals surface area (Å²) in [7, 11) is 0. The Bertz CT molecular complexity index is 905. The molecule has 0 bridgehead atoms. The topological polar surface area (TPSA) is 64.0 Å². The molecule has 1 atom stereocenters. The van der Waals surface area contributed by atoms with Crippen molar-refractivity contribution in [3.05, 3.63) is 63.1 Å². The summed E-state index contributed by atoms with van der Waals surface area (Å²) >= 11 is 1.55. The summed E-state index contributed by atoms with van der Waals surface area (Å²) in [6, 6.07) is 7.51. The summed E-state index contributed by atoms with van der Waals surface area (Å²) in [5.41, 5.74) is -0.0902. The molecule has 0 fully saturated rings. The molecule has 1 amide bonds. The van der Waals surface area contributed by atoms with Crippen molar-refractivity contribution in [2.45, 2.75) is 19.5 Å². The number of halogens is 1. The Hall–Kier alpha value is -2.54. The molecule has 118 valence electrons. The van der Waals surface area contributed by atoms with Gasteiger partial charge < -0.3 is 5.32 Å². The Labute approximate surface area is 135 Å². The number of aromatic nitrogens is 2. The normalized spacial score (nSPS) is 12.3. The summed E-state index contributed by atoms with van der Waals surface area (Å²) in [5.74, 6) is -0.735. The van der Waals surface area contributed by atoms with E-state index in [0.29, 0.717) is 0 Å². The maximum atomic E-state index is 13.1. The summed E-state index contributed by atoms with van der Waals surface area (Å²) < 4.78 is 14.4. The highest BCUT2D eigenvalue weighted by molar-refractivity contribution is 7.10. The van der Waals surface area contributed by atoms with Crippen LogP contribution in [0.4, 0.5) is 4.39 Å². The van der Waals surface area contributed by atoms with Gasteiger partial charge >= 0.3 is 0 Å². The lowest BCUT2D eigenvalue weighted by Gasteiger charge is -2.13. The van der Waals surface area contributed by atoms with Gasteiger partial charge in [-0.15, -0.1) is 11.3 Å². The molecular formula is C16H14FN3O2S. The second-order valence-corrected chi connectivity index (χ2v) is 6.12. The van der Waals surface area contributed by atoms with Crippen molar-refractivity contribution in [3.8, 4) is 0 Å². The molecule has 0 aliphatic rings. The van der Waals surface area contributed by atoms with E-state index in [9.17, 15) is 14.0 Å². The Morgan fingerprint density at radius 1 is 1.43 bits per heavy atom. The smallest absolute Gasteiger partial charge is 0.261 e. The van der Waals surface area contributed by atoms with E-state index in [4.69, 9.17) is 0 Å². The van der Waals surface area contributed by atoms with Crippen molar-refractivity contribution in [1.82, 2.24) is 14.9 Å². The van der Waals surface area contributed by atoms with Crippen molar-refractivity contribution in [2.24, 2.45) is 0 Å². The highest BCUT2D eigenvalue weighted by Gasteiger charge is 2.12. The summed E-state index contributed by atoms with van der Waals surface area (Å²) in [4.78, 5) is 29.5. The van der Waals surface area contributed by atoms with Gasteiger partial charge in [-0.2, -0.15) is 0 Å². The van der Waals surface area contributed by atoms with Gasteiger partial charge in [0.1, 0.15) is 12.4 Å². The highest BCUT2D eigenvalue weighted by Crippen LogP contribution is 2.17. The number of hydrogen-bond acceptors (Lipinski definition) is 4. The van der Waals surface area contributed by atoms with E-state index in [2.05, 4.69) is 10.3 Å². The predicted molar refractivity (Wildman–Crippen MR) is 86.8 cm³/mol. The molecule has 7 heteroatoms. The maximum absolute atomic E-state index is 13.1. The predicted octanol–water partition coefficient (Wildman–Crippen LogP) is 2.47. The van der Waals surface area contributed by atoms with E-state index in [1.165, 1.54) is 29.1 Å². The molecule has 0 saturated heterocycles. The second kappa shape index (κ2) is 6.29. The van der Waals surface area contributed by atoms with Gasteiger partial charge in [0.15, 0.2) is 0 Å². The number of fused-ring (bicyclic) bond motifs is 1. The van der Waals surface area contributed by atoms with Crippen LogP contribution in [0.1, 0.15) is 17.8 Å². The van der Waals surface area contributed by atoms with Crippen LogP contribution in [0.3, 0.4) is 0 Å². The fraction of sp³-hybridized carbons (Fsp3) is 0.188. The molecule has 0 saturated carbocycles. The van der Waals surface area contributed by atoms with Crippen LogP contribution in [0, 0.1) is 5.82 Å². The zero-order valence-corrected chi connectivity index (χ0v) is 13.1. The largest absolute Gasteiger partial charge is 0.347 e. The molecule has 0 spiro atoms. The number of thiophene rings is 1. The van der Waals surface area contributed by atoms with Gasteiger partial charge in [0, 0.05) is 10.9 Å². The van der Waals surface area contributed by atoms with Crippen molar-refractivity contribution >= 4 is 28.1 Å². The minimum atomic E-state index is -0.454. The fourth-order valence-electron chi connectivity index (χ4n) is 2.29. The first-order valence-electron chi connectivity index (χ1n) is 7.02. The number of carbonyl (C=O) groups is 1. The minimum Gasteiger partial charge on any atom is -0.347 e. The average molecular weight is 331 g/mol. The summed E-state index contributed by atoms with van der Waals surface area (Å²) in [6.07, 6.45) is 1.26. The molecule has 0 aliphatic heterocycles. The third-order valence-corrected chi connectivity index (χ3v) is 4.50. The number of hydrogen-bond donors (Lipinski definition) is 1. The first-order chi connectivity index (χ1) is 11.0. The van der Waals surface area contributed by atoms with E-state index < -0.39 is 5.82 Å². The molecule has 1 aromatic carbocycles. The van der Waals surface area contributed by atoms with Gasteiger partial charge in [0.2, 0.25) is 5.91 Å². The number of benzene rings is 1. The number of amides is 1. The van der Waals surface area contributed by atoms with Crippen LogP contribution in [0.5, 0.6) is 0 Å². The first kappa shape index (κ1) is 15.4. The highest BCUT2D eigenvalue weighted by atomic mass is 32.1. The fourth-order valence-corrected chi connectivity index (χ4v) is 3.03. The second-order valence-electron chi connectivity index (χ2n) is 5.14. The lowest BCUT2D eigenvalue weighted by molar-refractivity contribution is -0.122. The van der Waals surface area contributed by atoms with Crippen LogP contribution in [0.25, 0.3) is 10.9 Å². The van der Waals surface area contributed by atoms with Gasteiger partial charge in [-0.3, -0.25) is 14.2 Å². The molecule has 0 radical (unpaired) electrons. The Morgan fingerprint density at radius 2 is 2.26 bits per heavy atom. The zero-order chi connectivity index (χ0) is 16.4. The van der Waals surface area contributed by atoms with Crippen molar-refractivity contribution in [1.29, 1.82) is 0 Å². The molecule has 3 aromatic rings. The number of nitrogens with one attached hydrogen (secondary N) is 1. The van der Waals surface area contributed by atoms with Crippen LogP contribution < -0.4 is 10.9 Å². The molecule has 5 nitrogen and oxygen atoms in total. The molecule has 3 rings (SSSR count). The van der Waals surface area contributed by atoms with Crippen LogP contribution in [-0.4, -0.2) is 15.5 Å². The molecule has 2 heterocycles. The quantitative estimate of drug-likeness (QED) is 0.799. The van der Waals surface area contributed by atoms with Crippen LogP contribution in [0.2, 0.25) is 0 Å². The van der Waals surface area contributed by atoms with Crippen LogP contribution in [0.15, 0.2) is 46.8 Å². The third-order valence-electron chi connectivity index (χ3n) is 3.45. The van der Waals surface area contributed by atoms with Gasteiger partial charge in [-0.1, -0.05) is 6.07 Å². The van der Waals surface area contributed by atoms with Crippen LogP contribution in [-0.2, 0) is 11.3 Å². The minimum absolute atomic E-state index is 0.124. The monoisotopic (exact) mass is 331 g/mol. The molecule has 0 unspecified atom stereocenters. The molecule has 0 aliphatic carbocycles. The van der Waals surface area contributed by atoms with Crippen molar-refractivity contribution in [2.75, 3.05) is 0 Å². The third kappa shape index (κ3) is 3.29. The molecule has 1 N–H and O–H groups in total. The Balaban J connectivity index is 1.78. The lowest BCUT2D eigenvalue weighted by atomic mass is 10.2. The number of nitrogens with zero attached hydrogens (tertiary/aromatic N) is 2. The first-order valence-corrected chi connectivity index (χ1v) is 7.90. The number of rotatable bonds is 4. The van der Waals surface area contributed by atoms with E-state index in [1.54, 1.807) is 11.3 Å². The van der Waals surface area contributed by atoms with E-state index in [1.807, 2.05) is 24.4 Å². The van der Waals surface area contributed by atoms with E-state index in [0.717, 1.165) is 4.88 Å². The van der Waals surface area contributed by atoms with Crippen LogP contribution >= 0.6 is 11.3 Å². The van der Waals surface area contributed by atoms with Gasteiger partial charge in [0.25, 0.3) is 5.56 Å². The summed E-state index contributed by atoms with van der Waals surface area (Å²) in [6.45, 7) is 1.75. The standard InChI is InChI=1S/C16H14FN3O2S/c1-10(14-3-2-6-23-14)19-15(21)8-20-9-18-13-7-11(17)4-5-12(13)16(20)22/h2-7,9-10H,8H2,1H3,(H,19,21)/t10-/m0/s1. The average Bonchev–Trinajstić information content (AvgIpc) is 3.04. The SMILES string of the molecule is C[C@H](NC(=O)Cn1cnc2cc(F)ccc2c1=O)c1cccs1. The zero-order valence-electron chi connectivity index (χ0n) is 12.3. The Morgan fingerprint density at radius 3 is 3.00 bits per heavy atom. The molecule has 23 heavy (non-hydrogen) atoms. The maximum Gasteiger partial charge on any atom is 0.261 e. The van der Waals surface area contributed by atoms with E-state index in [-0.39, 0.29) is 35.0 Å². The van der Waals surface area contributed by atoms with E-state index >= 15 is 0 Å².